The van der Waals surface area contributed by atoms with Gasteiger partial charge in [-0.05, 0) is 43.2 Å². The van der Waals surface area contributed by atoms with Crippen molar-refractivity contribution in [2.75, 3.05) is 4.72 Å². The summed E-state index contributed by atoms with van der Waals surface area (Å²) in [6.07, 6.45) is 4.05. The molecule has 146 valence electrons. The molecule has 0 saturated heterocycles. The second-order valence-corrected chi connectivity index (χ2v) is 8.69. The summed E-state index contributed by atoms with van der Waals surface area (Å²) < 4.78 is 43.8. The normalized spacial score (nSPS) is 14.4. The summed E-state index contributed by atoms with van der Waals surface area (Å²) in [5.41, 5.74) is 0.946. The van der Waals surface area contributed by atoms with Crippen LogP contribution >= 0.6 is 11.6 Å². The van der Waals surface area contributed by atoms with Crippen LogP contribution in [-0.2, 0) is 23.0 Å². The van der Waals surface area contributed by atoms with E-state index < -0.39 is 15.8 Å². The Bertz CT molecular complexity index is 1130. The van der Waals surface area contributed by atoms with Crippen molar-refractivity contribution < 1.29 is 12.8 Å². The fraction of sp³-hybridized carbons (Fsp3) is 0.263. The van der Waals surface area contributed by atoms with Crippen LogP contribution in [0.2, 0.25) is 5.02 Å². The maximum absolute atomic E-state index is 13.6. The molecule has 28 heavy (non-hydrogen) atoms. The van der Waals surface area contributed by atoms with Crippen LogP contribution in [0.5, 0.6) is 0 Å². The molecule has 0 fully saturated rings. The van der Waals surface area contributed by atoms with Gasteiger partial charge in [0.2, 0.25) is 0 Å². The number of fused-ring (bicyclic) bond motifs is 1. The van der Waals surface area contributed by atoms with Gasteiger partial charge in [0.1, 0.15) is 16.5 Å². The van der Waals surface area contributed by atoms with Crippen LogP contribution < -0.4 is 4.72 Å². The zero-order valence-corrected chi connectivity index (χ0v) is 16.5. The zero-order valence-electron chi connectivity index (χ0n) is 14.9. The molecule has 2 heterocycles. The van der Waals surface area contributed by atoms with Gasteiger partial charge in [0.25, 0.3) is 10.0 Å². The molecule has 1 aliphatic heterocycles. The molecule has 0 atom stereocenters. The number of aryl methyl sites for hydroxylation is 1. The van der Waals surface area contributed by atoms with Crippen LogP contribution in [0.3, 0.4) is 0 Å². The lowest BCUT2D eigenvalue weighted by atomic mass is 10.1. The van der Waals surface area contributed by atoms with E-state index >= 15 is 0 Å². The van der Waals surface area contributed by atoms with Crippen LogP contribution in [-0.4, -0.2) is 23.2 Å². The van der Waals surface area contributed by atoms with Gasteiger partial charge >= 0.3 is 0 Å². The topological polar surface area (TPSA) is 76.9 Å². The molecule has 0 bridgehead atoms. The molecule has 1 aliphatic rings. The monoisotopic (exact) mass is 420 g/mol. The zero-order chi connectivity index (χ0) is 19.7. The Labute approximate surface area is 167 Å². The maximum atomic E-state index is 13.6. The number of halogens is 2. The van der Waals surface area contributed by atoms with Crippen molar-refractivity contribution >= 4 is 27.3 Å². The third kappa shape index (κ3) is 3.62. The molecule has 0 unspecified atom stereocenters. The Balaban J connectivity index is 1.75. The molecule has 0 amide bonds. The molecule has 1 aromatic heterocycles. The Hall–Kier alpha value is -2.45. The van der Waals surface area contributed by atoms with Gasteiger partial charge in [-0.1, -0.05) is 30.2 Å². The SMILES string of the molecule is O=S(=O)(Nc1ccccc1-c1nnc2n1CCCCC2)c1cc(F)ccc1Cl. The smallest absolute Gasteiger partial charge is 0.263 e. The van der Waals surface area contributed by atoms with E-state index in [1.807, 2.05) is 4.57 Å². The molecule has 0 saturated carbocycles. The number of nitrogens with zero attached hydrogens (tertiary/aromatic N) is 3. The summed E-state index contributed by atoms with van der Waals surface area (Å²) in [5, 5.41) is 8.52. The highest BCUT2D eigenvalue weighted by Crippen LogP contribution is 2.31. The molecule has 6 nitrogen and oxygen atoms in total. The van der Waals surface area contributed by atoms with Crippen LogP contribution in [0.25, 0.3) is 11.4 Å². The van der Waals surface area contributed by atoms with Crippen molar-refractivity contribution in [1.29, 1.82) is 0 Å². The maximum Gasteiger partial charge on any atom is 0.263 e. The molecule has 2 aromatic carbocycles. The van der Waals surface area contributed by atoms with Crippen molar-refractivity contribution in [1.82, 2.24) is 14.8 Å². The first-order valence-electron chi connectivity index (χ1n) is 8.95. The van der Waals surface area contributed by atoms with Crippen LogP contribution in [0.1, 0.15) is 25.1 Å². The lowest BCUT2D eigenvalue weighted by molar-refractivity contribution is 0.595. The third-order valence-corrected chi connectivity index (χ3v) is 6.55. The predicted molar refractivity (Wildman–Crippen MR) is 105 cm³/mol. The van der Waals surface area contributed by atoms with Crippen molar-refractivity contribution in [3.63, 3.8) is 0 Å². The third-order valence-electron chi connectivity index (χ3n) is 4.70. The fourth-order valence-electron chi connectivity index (χ4n) is 3.33. The first-order valence-corrected chi connectivity index (χ1v) is 10.8. The molecule has 9 heteroatoms. The number of benzene rings is 2. The van der Waals surface area contributed by atoms with Crippen LogP contribution in [0.15, 0.2) is 47.4 Å². The summed E-state index contributed by atoms with van der Waals surface area (Å²) in [4.78, 5) is -0.316. The first-order chi connectivity index (χ1) is 13.5. The van der Waals surface area contributed by atoms with E-state index in [4.69, 9.17) is 11.6 Å². The highest BCUT2D eigenvalue weighted by molar-refractivity contribution is 7.92. The number of hydrogen-bond acceptors (Lipinski definition) is 4. The molecule has 3 aromatic rings. The van der Waals surface area contributed by atoms with E-state index in [0.29, 0.717) is 17.1 Å². The van der Waals surface area contributed by atoms with Gasteiger partial charge in [-0.3, -0.25) is 4.72 Å². The quantitative estimate of drug-likeness (QED) is 0.684. The van der Waals surface area contributed by atoms with E-state index in [0.717, 1.165) is 50.2 Å². The van der Waals surface area contributed by atoms with Gasteiger partial charge in [0.15, 0.2) is 5.82 Å². The lowest BCUT2D eigenvalue weighted by Crippen LogP contribution is -2.15. The summed E-state index contributed by atoms with van der Waals surface area (Å²) in [6, 6.07) is 10.2. The Morgan fingerprint density at radius 2 is 1.89 bits per heavy atom. The van der Waals surface area contributed by atoms with E-state index in [1.54, 1.807) is 24.3 Å². The minimum Gasteiger partial charge on any atom is -0.311 e. The van der Waals surface area contributed by atoms with Gasteiger partial charge in [-0.15, -0.1) is 10.2 Å². The average Bonchev–Trinajstić information content (AvgIpc) is 2.91. The number of aromatic nitrogens is 3. The minimum atomic E-state index is -4.09. The summed E-state index contributed by atoms with van der Waals surface area (Å²) >= 11 is 5.99. The van der Waals surface area contributed by atoms with Gasteiger partial charge < -0.3 is 4.57 Å². The van der Waals surface area contributed by atoms with Gasteiger partial charge in [0, 0.05) is 18.5 Å². The molecular formula is C19H18ClFN4O2S. The molecule has 0 aliphatic carbocycles. The molecule has 0 radical (unpaired) electrons. The van der Waals surface area contributed by atoms with E-state index in [2.05, 4.69) is 14.9 Å². The highest BCUT2D eigenvalue weighted by Gasteiger charge is 2.23. The van der Waals surface area contributed by atoms with Crippen LogP contribution in [0, 0.1) is 5.82 Å². The number of para-hydroxylation sites is 1. The first kappa shape index (κ1) is 18.9. The Kier molecular flexibility index (Phi) is 5.07. The van der Waals surface area contributed by atoms with Crippen molar-refractivity contribution in [3.05, 3.63) is 59.1 Å². The number of nitrogens with one attached hydrogen (secondary N) is 1. The van der Waals surface area contributed by atoms with E-state index in [-0.39, 0.29) is 9.92 Å². The standard InChI is InChI=1S/C19H18ClFN4O2S/c20-15-10-9-13(21)12-17(15)28(26,27)24-16-7-4-3-6-14(16)19-23-22-18-8-2-1-5-11-25(18)19/h3-4,6-7,9-10,12,24H,1-2,5,8,11H2. The molecule has 1 N–H and O–H groups in total. The Morgan fingerprint density at radius 1 is 1.07 bits per heavy atom. The minimum absolute atomic E-state index is 0.0530. The summed E-state index contributed by atoms with van der Waals surface area (Å²) in [6.45, 7) is 0.786. The highest BCUT2D eigenvalue weighted by atomic mass is 35.5. The predicted octanol–water partition coefficient (Wildman–Crippen LogP) is 4.26. The van der Waals surface area contributed by atoms with Crippen molar-refractivity contribution in [2.45, 2.75) is 37.1 Å². The largest absolute Gasteiger partial charge is 0.311 e. The van der Waals surface area contributed by atoms with Crippen molar-refractivity contribution in [2.24, 2.45) is 0 Å². The second kappa shape index (κ2) is 7.52. The number of hydrogen-bond donors (Lipinski definition) is 1. The number of anilines is 1. The Morgan fingerprint density at radius 3 is 2.75 bits per heavy atom. The number of sulfonamides is 1. The summed E-state index contributed by atoms with van der Waals surface area (Å²) in [7, 11) is -4.09. The van der Waals surface area contributed by atoms with Crippen molar-refractivity contribution in [3.8, 4) is 11.4 Å². The fourth-order valence-corrected chi connectivity index (χ4v) is 4.93. The van der Waals surface area contributed by atoms with Gasteiger partial charge in [-0.2, -0.15) is 0 Å². The lowest BCUT2D eigenvalue weighted by Gasteiger charge is -2.14. The van der Waals surface area contributed by atoms with Gasteiger partial charge in [0.05, 0.1) is 10.7 Å². The van der Waals surface area contributed by atoms with Gasteiger partial charge in [-0.25, -0.2) is 12.8 Å². The van der Waals surface area contributed by atoms with E-state index in [1.165, 1.54) is 6.07 Å². The van der Waals surface area contributed by atoms with Crippen LogP contribution in [0.4, 0.5) is 10.1 Å². The van der Waals surface area contributed by atoms with E-state index in [9.17, 15) is 12.8 Å². The number of rotatable bonds is 4. The molecule has 4 rings (SSSR count). The average molecular weight is 421 g/mol. The summed E-state index contributed by atoms with van der Waals surface area (Å²) in [5.74, 6) is 0.833. The molecule has 0 spiro atoms. The molecular weight excluding hydrogens is 403 g/mol. The second-order valence-electron chi connectivity index (χ2n) is 6.63.